The second-order valence-electron chi connectivity index (χ2n) is 5.36. The number of alkyl halides is 3. The Bertz CT molecular complexity index is 647. The molecule has 1 rings (SSSR count). The molecule has 2 atom stereocenters. The van der Waals surface area contributed by atoms with Crippen molar-refractivity contribution in [2.24, 2.45) is 11.7 Å². The second-order valence-corrected chi connectivity index (χ2v) is 5.36. The van der Waals surface area contributed by atoms with Crippen LogP contribution in [0.15, 0.2) is 24.3 Å². The molecule has 3 N–H and O–H groups in total. The minimum absolute atomic E-state index is 0.135. The Morgan fingerprint density at radius 3 is 2.36 bits per heavy atom. The molecule has 0 aromatic heterocycles. The smallest absolute Gasteiger partial charge is 0.417 e. The number of nitrogens with one attached hydrogen (secondary N) is 1. The summed E-state index contributed by atoms with van der Waals surface area (Å²) in [4.78, 5) is 35.3. The molecule has 0 saturated carbocycles. The molecule has 0 radical (unpaired) electrons. The summed E-state index contributed by atoms with van der Waals surface area (Å²) in [5.41, 5.74) is 3.42. The van der Waals surface area contributed by atoms with Crippen molar-refractivity contribution in [2.45, 2.75) is 32.5 Å². The topological polar surface area (TPSA) is 98.5 Å². The van der Waals surface area contributed by atoms with Gasteiger partial charge in [0.1, 0.15) is 6.04 Å². The highest BCUT2D eigenvalue weighted by molar-refractivity contribution is 5.98. The number of ether oxygens (including phenoxy) is 1. The van der Waals surface area contributed by atoms with E-state index in [0.717, 1.165) is 18.2 Å². The summed E-state index contributed by atoms with van der Waals surface area (Å²) in [6.45, 7) is 3.20. The predicted molar refractivity (Wildman–Crippen MR) is 82.3 cm³/mol. The molecule has 0 heterocycles. The number of carbonyl (C=O) groups is 3. The van der Waals surface area contributed by atoms with Crippen LogP contribution in [0, 0.1) is 5.92 Å². The molecule has 0 unspecified atom stereocenters. The minimum atomic E-state index is -4.73. The van der Waals surface area contributed by atoms with E-state index in [2.05, 4.69) is 5.32 Å². The second kappa shape index (κ2) is 8.50. The Kier molecular flexibility index (Phi) is 6.96. The Labute approximate surface area is 142 Å². The van der Waals surface area contributed by atoms with Gasteiger partial charge in [0.25, 0.3) is 5.91 Å². The van der Waals surface area contributed by atoms with E-state index in [0.29, 0.717) is 0 Å². The highest BCUT2D eigenvalue weighted by atomic mass is 19.4. The number of hydrogen-bond acceptors (Lipinski definition) is 4. The van der Waals surface area contributed by atoms with E-state index in [1.165, 1.54) is 13.0 Å². The van der Waals surface area contributed by atoms with Crippen LogP contribution >= 0.6 is 0 Å². The first-order valence-corrected chi connectivity index (χ1v) is 7.51. The van der Waals surface area contributed by atoms with Crippen molar-refractivity contribution in [3.8, 4) is 0 Å². The molecule has 0 aliphatic heterocycles. The molecule has 0 fully saturated rings. The molecule has 0 bridgehead atoms. The molecule has 9 heteroatoms. The number of benzene rings is 1. The zero-order valence-electron chi connectivity index (χ0n) is 13.7. The van der Waals surface area contributed by atoms with Crippen LogP contribution in [-0.2, 0) is 20.5 Å². The van der Waals surface area contributed by atoms with E-state index >= 15 is 0 Å². The minimum Gasteiger partial charge on any atom is -0.466 e. The monoisotopic (exact) mass is 360 g/mol. The van der Waals surface area contributed by atoms with E-state index in [-0.39, 0.29) is 13.0 Å². The number of primary amides is 1. The normalized spacial score (nSPS) is 13.6. The standard InChI is InChI=1S/C16H19F3N2O4/c1-3-25-15(24)9(2)8-12(13(20)22)21-14(23)10-6-4-5-7-11(10)16(17,18)19/h4-7,9,12H,3,8H2,1-2H3,(H2,20,22)(H,21,23)/t9-,12-/m1/s1. The molecule has 0 aliphatic carbocycles. The van der Waals surface area contributed by atoms with Crippen LogP contribution in [0.4, 0.5) is 13.2 Å². The number of nitrogens with two attached hydrogens (primary N) is 1. The van der Waals surface area contributed by atoms with Crippen LogP contribution < -0.4 is 11.1 Å². The van der Waals surface area contributed by atoms with E-state index in [4.69, 9.17) is 10.5 Å². The van der Waals surface area contributed by atoms with Gasteiger partial charge in [-0.25, -0.2) is 0 Å². The number of amides is 2. The van der Waals surface area contributed by atoms with E-state index in [1.54, 1.807) is 6.92 Å². The van der Waals surface area contributed by atoms with Gasteiger partial charge in [-0.1, -0.05) is 19.1 Å². The number of hydrogen-bond donors (Lipinski definition) is 2. The van der Waals surface area contributed by atoms with Gasteiger partial charge in [0.15, 0.2) is 0 Å². The third kappa shape index (κ3) is 5.77. The fourth-order valence-electron chi connectivity index (χ4n) is 2.14. The largest absolute Gasteiger partial charge is 0.466 e. The molecule has 138 valence electrons. The molecule has 25 heavy (non-hydrogen) atoms. The van der Waals surface area contributed by atoms with Gasteiger partial charge >= 0.3 is 12.1 Å². The van der Waals surface area contributed by atoms with Crippen molar-refractivity contribution in [1.29, 1.82) is 0 Å². The van der Waals surface area contributed by atoms with Gasteiger partial charge in [0, 0.05) is 0 Å². The van der Waals surface area contributed by atoms with E-state index in [1.807, 2.05) is 0 Å². The van der Waals surface area contributed by atoms with Gasteiger partial charge in [0.2, 0.25) is 5.91 Å². The van der Waals surface area contributed by atoms with Crippen LogP contribution in [0.3, 0.4) is 0 Å². The Morgan fingerprint density at radius 2 is 1.84 bits per heavy atom. The summed E-state index contributed by atoms with van der Waals surface area (Å²) < 4.78 is 43.7. The first-order valence-electron chi connectivity index (χ1n) is 7.51. The number of carbonyl (C=O) groups excluding carboxylic acids is 3. The SMILES string of the molecule is CCOC(=O)[C@H](C)C[C@@H](NC(=O)c1ccccc1C(F)(F)F)C(N)=O. The fraction of sp³-hybridized carbons (Fsp3) is 0.438. The zero-order valence-corrected chi connectivity index (χ0v) is 13.7. The van der Waals surface area contributed by atoms with Crippen molar-refractivity contribution >= 4 is 17.8 Å². The summed E-state index contributed by atoms with van der Waals surface area (Å²) >= 11 is 0. The Balaban J connectivity index is 2.95. The van der Waals surface area contributed by atoms with Crippen LogP contribution in [0.25, 0.3) is 0 Å². The molecule has 1 aromatic carbocycles. The third-order valence-electron chi connectivity index (χ3n) is 3.40. The number of halogens is 3. The quantitative estimate of drug-likeness (QED) is 0.725. The molecule has 0 aliphatic rings. The maximum Gasteiger partial charge on any atom is 0.417 e. The van der Waals surface area contributed by atoms with Crippen molar-refractivity contribution in [1.82, 2.24) is 5.32 Å². The van der Waals surface area contributed by atoms with Crippen LogP contribution in [0.2, 0.25) is 0 Å². The summed E-state index contributed by atoms with van der Waals surface area (Å²) in [6, 6.07) is 2.85. The van der Waals surface area contributed by atoms with Crippen molar-refractivity contribution < 1.29 is 32.3 Å². The molecular formula is C16H19F3N2O4. The van der Waals surface area contributed by atoms with Gasteiger partial charge in [0.05, 0.1) is 23.7 Å². The van der Waals surface area contributed by atoms with Crippen LogP contribution in [-0.4, -0.2) is 30.4 Å². The first-order chi connectivity index (χ1) is 11.6. The average molecular weight is 360 g/mol. The predicted octanol–water partition coefficient (Wildman–Crippen LogP) is 1.88. The molecule has 1 aromatic rings. The lowest BCUT2D eigenvalue weighted by Crippen LogP contribution is -2.46. The van der Waals surface area contributed by atoms with Gasteiger partial charge in [-0.2, -0.15) is 13.2 Å². The highest BCUT2D eigenvalue weighted by Crippen LogP contribution is 2.31. The Hall–Kier alpha value is -2.58. The first kappa shape index (κ1) is 20.5. The van der Waals surface area contributed by atoms with Crippen LogP contribution in [0.5, 0.6) is 0 Å². The summed E-state index contributed by atoms with van der Waals surface area (Å²) in [5, 5.41) is 2.15. The maximum atomic E-state index is 13.0. The zero-order chi connectivity index (χ0) is 19.2. The summed E-state index contributed by atoms with van der Waals surface area (Å²) in [7, 11) is 0. The molecular weight excluding hydrogens is 341 g/mol. The van der Waals surface area contributed by atoms with Gasteiger partial charge in [-0.15, -0.1) is 0 Å². The van der Waals surface area contributed by atoms with Crippen LogP contribution in [0.1, 0.15) is 36.2 Å². The van der Waals surface area contributed by atoms with Gasteiger partial charge in [-0.3, -0.25) is 14.4 Å². The lowest BCUT2D eigenvalue weighted by Gasteiger charge is -2.20. The number of esters is 1. The lowest BCUT2D eigenvalue weighted by molar-refractivity contribution is -0.147. The summed E-state index contributed by atoms with van der Waals surface area (Å²) in [5.74, 6) is -3.43. The molecule has 0 spiro atoms. The fourth-order valence-corrected chi connectivity index (χ4v) is 2.14. The van der Waals surface area contributed by atoms with E-state index < -0.39 is 47.0 Å². The van der Waals surface area contributed by atoms with Crippen molar-refractivity contribution in [3.05, 3.63) is 35.4 Å². The van der Waals surface area contributed by atoms with Crippen molar-refractivity contribution in [2.75, 3.05) is 6.61 Å². The Morgan fingerprint density at radius 1 is 1.24 bits per heavy atom. The van der Waals surface area contributed by atoms with Gasteiger partial charge in [-0.05, 0) is 25.5 Å². The lowest BCUT2D eigenvalue weighted by atomic mass is 10.00. The number of rotatable bonds is 7. The maximum absolute atomic E-state index is 13.0. The third-order valence-corrected chi connectivity index (χ3v) is 3.40. The van der Waals surface area contributed by atoms with Gasteiger partial charge < -0.3 is 15.8 Å². The molecule has 2 amide bonds. The van der Waals surface area contributed by atoms with Crippen molar-refractivity contribution in [3.63, 3.8) is 0 Å². The molecule has 6 nitrogen and oxygen atoms in total. The molecule has 0 saturated heterocycles. The summed E-state index contributed by atoms with van der Waals surface area (Å²) in [6.07, 6.45) is -4.91. The highest BCUT2D eigenvalue weighted by Gasteiger charge is 2.35. The van der Waals surface area contributed by atoms with E-state index in [9.17, 15) is 27.6 Å². The average Bonchev–Trinajstić information content (AvgIpc) is 2.53.